The highest BCUT2D eigenvalue weighted by molar-refractivity contribution is 7.44. The van der Waals surface area contributed by atoms with Gasteiger partial charge in [-0.1, -0.05) is 0 Å². The standard InChI is InChI=1S/C23H40N5O5P/c1-16(2)26-13-20(27-12-19(7)21(29)25-22(27)30)33-23(8,14-26)15-32-34(31-11-9-10-24)28(17(3)4)18(5)6/h12,16-18,20H,9,11,13-15H2,1-8H3,(H,25,29,30)/t20-,23+,34?/m1/s1/i8D. The summed E-state index contributed by atoms with van der Waals surface area (Å²) in [5.41, 5.74) is -1.60. The molecule has 1 aliphatic rings. The predicted octanol–water partition coefficient (Wildman–Crippen LogP) is 3.14. The van der Waals surface area contributed by atoms with E-state index in [2.05, 4.69) is 62.2 Å². The normalized spacial score (nSPS) is 23.0. The van der Waals surface area contributed by atoms with Crippen LogP contribution in [0.15, 0.2) is 15.8 Å². The molecule has 34 heavy (non-hydrogen) atoms. The van der Waals surface area contributed by atoms with Crippen molar-refractivity contribution in [2.45, 2.75) is 91.7 Å². The van der Waals surface area contributed by atoms with E-state index in [0.717, 1.165) is 0 Å². The van der Waals surface area contributed by atoms with Crippen molar-refractivity contribution in [3.05, 3.63) is 32.6 Å². The molecule has 0 aromatic carbocycles. The van der Waals surface area contributed by atoms with Gasteiger partial charge in [0.15, 0.2) is 6.23 Å². The first-order valence-corrected chi connectivity index (χ1v) is 12.8. The van der Waals surface area contributed by atoms with Gasteiger partial charge in [0.05, 0.1) is 25.7 Å². The molecule has 2 heterocycles. The molecule has 11 heteroatoms. The first kappa shape index (κ1) is 27.0. The second-order valence-corrected chi connectivity index (χ2v) is 11.0. The third kappa shape index (κ3) is 7.45. The van der Waals surface area contributed by atoms with E-state index in [-0.39, 0.29) is 44.7 Å². The fourth-order valence-corrected chi connectivity index (χ4v) is 5.59. The number of rotatable bonds is 11. The number of nitriles is 1. The van der Waals surface area contributed by atoms with Crippen molar-refractivity contribution in [2.75, 3.05) is 26.3 Å². The van der Waals surface area contributed by atoms with Gasteiger partial charge >= 0.3 is 5.69 Å². The molecule has 1 N–H and O–H groups in total. The number of nitrogens with zero attached hydrogens (tertiary/aromatic N) is 4. The molecular weight excluding hydrogens is 457 g/mol. The lowest BCUT2D eigenvalue weighted by Gasteiger charge is -2.47. The quantitative estimate of drug-likeness (QED) is 0.366. The highest BCUT2D eigenvalue weighted by Crippen LogP contribution is 2.47. The van der Waals surface area contributed by atoms with Gasteiger partial charge in [-0.05, 0) is 55.4 Å². The van der Waals surface area contributed by atoms with Crippen LogP contribution in [0.2, 0.25) is 0 Å². The SMILES string of the molecule is [2H]C[C@@]1(COP(OCCC#N)N(C(C)C)C(C)C)CN(C(C)C)C[C@H](n2cc(C)c(=O)[nH]c2=O)O1. The predicted molar refractivity (Wildman–Crippen MR) is 132 cm³/mol. The largest absolute Gasteiger partial charge is 0.347 e. The number of morpholine rings is 1. The second-order valence-electron chi connectivity index (χ2n) is 9.58. The lowest BCUT2D eigenvalue weighted by Crippen LogP contribution is -2.57. The van der Waals surface area contributed by atoms with Crippen LogP contribution in [-0.4, -0.2) is 69.2 Å². The number of aromatic nitrogens is 2. The van der Waals surface area contributed by atoms with Gasteiger partial charge in [-0.15, -0.1) is 0 Å². The Balaban J connectivity index is 2.36. The van der Waals surface area contributed by atoms with Crippen LogP contribution in [0.25, 0.3) is 0 Å². The molecule has 0 bridgehead atoms. The van der Waals surface area contributed by atoms with Gasteiger partial charge in [0.1, 0.15) is 5.60 Å². The number of aromatic amines is 1. The Morgan fingerprint density at radius 2 is 2.00 bits per heavy atom. The zero-order chi connectivity index (χ0) is 26.3. The molecule has 1 aliphatic heterocycles. The molecule has 0 amide bonds. The number of hydrogen-bond donors (Lipinski definition) is 1. The summed E-state index contributed by atoms with van der Waals surface area (Å²) in [5, 5.41) is 8.95. The number of hydrogen-bond acceptors (Lipinski definition) is 8. The van der Waals surface area contributed by atoms with Crippen LogP contribution in [0, 0.1) is 18.3 Å². The summed E-state index contributed by atoms with van der Waals surface area (Å²) in [7, 11) is -1.51. The maximum Gasteiger partial charge on any atom is 0.330 e. The first-order chi connectivity index (χ1) is 16.4. The molecule has 2 rings (SSSR count). The maximum atomic E-state index is 12.6. The van der Waals surface area contributed by atoms with Crippen LogP contribution in [0.3, 0.4) is 0 Å². The Bertz CT molecular complexity index is 970. The monoisotopic (exact) mass is 498 g/mol. The van der Waals surface area contributed by atoms with Crippen LogP contribution in [0.5, 0.6) is 0 Å². The van der Waals surface area contributed by atoms with Gasteiger partial charge in [0.25, 0.3) is 14.1 Å². The lowest BCUT2D eigenvalue weighted by atomic mass is 10.0. The Morgan fingerprint density at radius 1 is 1.32 bits per heavy atom. The summed E-state index contributed by atoms with van der Waals surface area (Å²) in [6.07, 6.45) is 1.06. The van der Waals surface area contributed by atoms with E-state index in [0.29, 0.717) is 18.7 Å². The Kier molecular flexibility index (Phi) is 9.84. The summed E-state index contributed by atoms with van der Waals surface area (Å²) in [6.45, 7) is 15.1. The van der Waals surface area contributed by atoms with E-state index >= 15 is 0 Å². The molecule has 10 nitrogen and oxygen atoms in total. The Morgan fingerprint density at radius 3 is 2.56 bits per heavy atom. The van der Waals surface area contributed by atoms with E-state index in [4.69, 9.17) is 20.4 Å². The Labute approximate surface area is 205 Å². The third-order valence-corrected chi connectivity index (χ3v) is 7.61. The van der Waals surface area contributed by atoms with E-state index < -0.39 is 31.6 Å². The van der Waals surface area contributed by atoms with Crippen LogP contribution < -0.4 is 11.2 Å². The number of H-pyrrole nitrogens is 1. The summed E-state index contributed by atoms with van der Waals surface area (Å²) >= 11 is 0. The smallest absolute Gasteiger partial charge is 0.330 e. The minimum atomic E-state index is -1.51. The van der Waals surface area contributed by atoms with Crippen molar-refractivity contribution < 1.29 is 15.2 Å². The minimum Gasteiger partial charge on any atom is -0.347 e. The van der Waals surface area contributed by atoms with Crippen molar-refractivity contribution in [3.63, 3.8) is 0 Å². The Hall–Kier alpha value is -1.60. The highest BCUT2D eigenvalue weighted by atomic mass is 31.2. The molecule has 1 fully saturated rings. The summed E-state index contributed by atoms with van der Waals surface area (Å²) in [4.78, 5) is 29.0. The van der Waals surface area contributed by atoms with E-state index in [1.165, 1.54) is 10.8 Å². The highest BCUT2D eigenvalue weighted by Gasteiger charge is 2.41. The van der Waals surface area contributed by atoms with E-state index in [1.807, 2.05) is 0 Å². The molecule has 0 radical (unpaired) electrons. The fourth-order valence-electron chi connectivity index (χ4n) is 3.90. The van der Waals surface area contributed by atoms with Crippen LogP contribution in [0.1, 0.15) is 68.0 Å². The summed E-state index contributed by atoms with van der Waals surface area (Å²) in [5.74, 6) is 0. The zero-order valence-corrected chi connectivity index (χ0v) is 22.3. The number of nitrogens with one attached hydrogen (secondary N) is 1. The van der Waals surface area contributed by atoms with Crippen molar-refractivity contribution in [3.8, 4) is 6.07 Å². The molecule has 3 atom stereocenters. The topological polar surface area (TPSA) is 113 Å². The van der Waals surface area contributed by atoms with E-state index in [1.54, 1.807) is 6.92 Å². The third-order valence-electron chi connectivity index (χ3n) is 5.55. The molecule has 0 aliphatic carbocycles. The van der Waals surface area contributed by atoms with Gasteiger partial charge in [0, 0.05) is 44.3 Å². The van der Waals surface area contributed by atoms with Crippen LogP contribution >= 0.6 is 8.53 Å². The van der Waals surface area contributed by atoms with Crippen molar-refractivity contribution >= 4 is 8.53 Å². The van der Waals surface area contributed by atoms with Gasteiger partial charge in [-0.25, -0.2) is 9.46 Å². The van der Waals surface area contributed by atoms with Crippen molar-refractivity contribution in [1.82, 2.24) is 19.1 Å². The molecule has 1 aromatic rings. The minimum absolute atomic E-state index is 0.0848. The van der Waals surface area contributed by atoms with Crippen molar-refractivity contribution in [1.29, 1.82) is 5.26 Å². The molecule has 0 spiro atoms. The van der Waals surface area contributed by atoms with Gasteiger partial charge in [0.2, 0.25) is 0 Å². The maximum absolute atomic E-state index is 12.6. The summed E-state index contributed by atoms with van der Waals surface area (Å²) < 4.78 is 30.6. The van der Waals surface area contributed by atoms with Crippen LogP contribution in [-0.2, 0) is 13.8 Å². The lowest BCUT2D eigenvalue weighted by molar-refractivity contribution is -0.194. The van der Waals surface area contributed by atoms with Gasteiger partial charge in [-0.2, -0.15) is 5.26 Å². The number of aryl methyl sites for hydroxylation is 1. The van der Waals surface area contributed by atoms with Gasteiger partial charge < -0.3 is 13.8 Å². The van der Waals surface area contributed by atoms with Crippen LogP contribution in [0.4, 0.5) is 0 Å². The average Bonchev–Trinajstić information content (AvgIpc) is 2.79. The average molecular weight is 499 g/mol. The fraction of sp³-hybridized carbons (Fsp3) is 0.783. The molecule has 0 saturated carbocycles. The molecule has 1 unspecified atom stereocenters. The first-order valence-electron chi connectivity index (χ1n) is 12.4. The number of ether oxygens (including phenoxy) is 1. The summed E-state index contributed by atoms with van der Waals surface area (Å²) in [6, 6.07) is 2.52. The van der Waals surface area contributed by atoms with Crippen molar-refractivity contribution in [2.24, 2.45) is 0 Å². The molecule has 1 saturated heterocycles. The molecule has 1 aromatic heterocycles. The molecule has 192 valence electrons. The zero-order valence-electron chi connectivity index (χ0n) is 22.4. The van der Waals surface area contributed by atoms with E-state index in [9.17, 15) is 9.59 Å². The molecular formula is C23H40N5O5P. The second kappa shape index (κ2) is 12.4. The van der Waals surface area contributed by atoms with Gasteiger partial charge in [-0.3, -0.25) is 19.2 Å².